The largest absolute Gasteiger partial charge is 0.317 e. The molecule has 0 radical (unpaired) electrons. The predicted octanol–water partition coefficient (Wildman–Crippen LogP) is 4.89. The van der Waals surface area contributed by atoms with E-state index < -0.39 is 23.1 Å². The third-order valence-corrected chi connectivity index (χ3v) is 6.43. The Morgan fingerprint density at radius 1 is 1.24 bits per heavy atom. The Morgan fingerprint density at radius 2 is 1.93 bits per heavy atom. The molecule has 152 valence electrons. The maximum absolute atomic E-state index is 14.5. The summed E-state index contributed by atoms with van der Waals surface area (Å²) in [5.41, 5.74) is 2.33. The van der Waals surface area contributed by atoms with E-state index in [1.165, 1.54) is 6.07 Å². The van der Waals surface area contributed by atoms with Crippen LogP contribution in [0.2, 0.25) is 0 Å². The molecule has 1 saturated heterocycles. The predicted molar refractivity (Wildman–Crippen MR) is 111 cm³/mol. The van der Waals surface area contributed by atoms with Crippen LogP contribution in [0.25, 0.3) is 0 Å². The van der Waals surface area contributed by atoms with Gasteiger partial charge >= 0.3 is 0 Å². The van der Waals surface area contributed by atoms with Gasteiger partial charge in [-0.15, -0.1) is 6.58 Å². The van der Waals surface area contributed by atoms with E-state index >= 15 is 0 Å². The molecule has 1 spiro atoms. The number of hydrogen-bond acceptors (Lipinski definition) is 2. The van der Waals surface area contributed by atoms with Crippen LogP contribution in [0.4, 0.5) is 14.5 Å². The number of rotatable bonds is 4. The maximum atomic E-state index is 14.5. The summed E-state index contributed by atoms with van der Waals surface area (Å²) >= 11 is 0. The zero-order valence-corrected chi connectivity index (χ0v) is 16.7. The van der Waals surface area contributed by atoms with Gasteiger partial charge in [0.15, 0.2) is 0 Å². The van der Waals surface area contributed by atoms with Crippen molar-refractivity contribution in [2.45, 2.75) is 44.1 Å². The molecule has 2 aliphatic heterocycles. The molecule has 1 N–H and O–H groups in total. The molecule has 2 aliphatic rings. The Morgan fingerprint density at radius 3 is 2.59 bits per heavy atom. The minimum atomic E-state index is -0.822. The molecule has 2 aromatic carbocycles. The van der Waals surface area contributed by atoms with Gasteiger partial charge in [0, 0.05) is 17.1 Å². The molecule has 0 aromatic heterocycles. The fraction of sp³-hybridized carbons (Fsp3) is 0.375. The molecule has 1 amide bonds. The van der Waals surface area contributed by atoms with Crippen LogP contribution in [0.15, 0.2) is 49.1 Å². The fourth-order valence-corrected chi connectivity index (χ4v) is 5.08. The summed E-state index contributed by atoms with van der Waals surface area (Å²) in [6.45, 7) is 7.59. The van der Waals surface area contributed by atoms with Crippen molar-refractivity contribution in [1.82, 2.24) is 5.32 Å². The highest BCUT2D eigenvalue weighted by atomic mass is 19.1. The first-order valence-electron chi connectivity index (χ1n) is 10.2. The zero-order chi connectivity index (χ0) is 20.6. The molecule has 1 atom stereocenters. The monoisotopic (exact) mass is 396 g/mol. The van der Waals surface area contributed by atoms with E-state index in [1.807, 2.05) is 25.1 Å². The molecular weight excluding hydrogens is 370 g/mol. The molecule has 0 unspecified atom stereocenters. The average molecular weight is 396 g/mol. The molecule has 0 bridgehead atoms. The number of anilines is 1. The van der Waals surface area contributed by atoms with E-state index in [0.717, 1.165) is 61.3 Å². The average Bonchev–Trinajstić information content (AvgIpc) is 2.95. The van der Waals surface area contributed by atoms with Crippen LogP contribution >= 0.6 is 0 Å². The van der Waals surface area contributed by atoms with Gasteiger partial charge in [0.05, 0.1) is 0 Å². The number of carbonyl (C=O) groups is 1. The molecule has 29 heavy (non-hydrogen) atoms. The van der Waals surface area contributed by atoms with Gasteiger partial charge in [-0.2, -0.15) is 0 Å². The Bertz CT molecular complexity index is 930. The first kappa shape index (κ1) is 19.8. The number of carbonyl (C=O) groups excluding carboxylic acids is 1. The Hall–Kier alpha value is -2.53. The van der Waals surface area contributed by atoms with Crippen LogP contribution in [0.3, 0.4) is 0 Å². The number of aryl methyl sites for hydroxylation is 1. The molecule has 5 heteroatoms. The minimum absolute atomic E-state index is 0.161. The third-order valence-electron chi connectivity index (χ3n) is 6.43. The fourth-order valence-electron chi connectivity index (χ4n) is 5.08. The number of nitrogens with zero attached hydrogens (tertiary/aromatic N) is 1. The number of fused-ring (bicyclic) bond motifs is 2. The second kappa shape index (κ2) is 7.71. The quantitative estimate of drug-likeness (QED) is 0.747. The summed E-state index contributed by atoms with van der Waals surface area (Å²) in [6, 6.07) is 9.44. The summed E-state index contributed by atoms with van der Waals surface area (Å²) in [4.78, 5) is 15.2. The summed E-state index contributed by atoms with van der Waals surface area (Å²) in [5, 5.41) is 3.41. The van der Waals surface area contributed by atoms with Crippen molar-refractivity contribution < 1.29 is 13.6 Å². The number of allylic oxidation sites excluding steroid dienone is 1. The SMILES string of the molecule is C=CCC[C@H]1N(C(=O)c2c(F)cccc2F)c2ccc(C)cc2C12CCNCC2. The first-order valence-corrected chi connectivity index (χ1v) is 10.2. The summed E-state index contributed by atoms with van der Waals surface area (Å²) < 4.78 is 29.0. The summed E-state index contributed by atoms with van der Waals surface area (Å²) in [7, 11) is 0. The van der Waals surface area contributed by atoms with Crippen LogP contribution < -0.4 is 10.2 Å². The Labute approximate surface area is 170 Å². The molecule has 1 fully saturated rings. The molecule has 0 saturated carbocycles. The highest BCUT2D eigenvalue weighted by Gasteiger charge is 2.53. The van der Waals surface area contributed by atoms with Gasteiger partial charge in [-0.3, -0.25) is 4.79 Å². The second-order valence-corrected chi connectivity index (χ2v) is 8.08. The number of piperidine rings is 1. The van der Waals surface area contributed by atoms with Gasteiger partial charge in [0.25, 0.3) is 5.91 Å². The van der Waals surface area contributed by atoms with Crippen molar-refractivity contribution in [3.8, 4) is 0 Å². The highest BCUT2D eigenvalue weighted by molar-refractivity contribution is 6.08. The van der Waals surface area contributed by atoms with Crippen LogP contribution in [-0.4, -0.2) is 25.0 Å². The van der Waals surface area contributed by atoms with E-state index in [9.17, 15) is 13.6 Å². The minimum Gasteiger partial charge on any atom is -0.317 e. The van der Waals surface area contributed by atoms with E-state index in [0.29, 0.717) is 6.42 Å². The zero-order valence-electron chi connectivity index (χ0n) is 16.7. The van der Waals surface area contributed by atoms with E-state index in [1.54, 1.807) is 4.90 Å². The van der Waals surface area contributed by atoms with Gasteiger partial charge in [0.2, 0.25) is 0 Å². The third kappa shape index (κ3) is 3.18. The number of halogens is 2. The van der Waals surface area contributed by atoms with Gasteiger partial charge in [-0.05, 0) is 69.5 Å². The summed E-state index contributed by atoms with van der Waals surface area (Å²) in [6.07, 6.45) is 5.05. The molecule has 0 aliphatic carbocycles. The lowest BCUT2D eigenvalue weighted by Crippen LogP contribution is -2.52. The standard InChI is InChI=1S/C24H26F2N2O/c1-3-4-8-21-24(11-13-27-14-12-24)17-15-16(2)9-10-20(17)28(21)23(29)22-18(25)6-5-7-19(22)26/h3,5-7,9-10,15,21,27H,1,4,8,11-14H2,2H3/t21-/m1/s1. The normalized spacial score (nSPS) is 20.0. The first-order chi connectivity index (χ1) is 14.0. The van der Waals surface area contributed by atoms with Crippen molar-refractivity contribution in [3.05, 3.63) is 77.4 Å². The number of hydrogen-bond donors (Lipinski definition) is 1. The van der Waals surface area contributed by atoms with Crippen molar-refractivity contribution in [2.24, 2.45) is 0 Å². The van der Waals surface area contributed by atoms with Gasteiger partial charge in [0.1, 0.15) is 17.2 Å². The van der Waals surface area contributed by atoms with Crippen molar-refractivity contribution in [2.75, 3.05) is 18.0 Å². The van der Waals surface area contributed by atoms with Crippen molar-refractivity contribution in [3.63, 3.8) is 0 Å². The maximum Gasteiger partial charge on any atom is 0.264 e. The van der Waals surface area contributed by atoms with E-state index in [2.05, 4.69) is 18.0 Å². The highest BCUT2D eigenvalue weighted by Crippen LogP contribution is 2.52. The Balaban J connectivity index is 1.89. The van der Waals surface area contributed by atoms with Crippen molar-refractivity contribution >= 4 is 11.6 Å². The molecule has 3 nitrogen and oxygen atoms in total. The van der Waals surface area contributed by atoms with Gasteiger partial charge in [-0.25, -0.2) is 8.78 Å². The van der Waals surface area contributed by atoms with Crippen LogP contribution in [0.1, 0.15) is 47.2 Å². The number of nitrogens with one attached hydrogen (secondary N) is 1. The molecule has 4 rings (SSSR count). The van der Waals surface area contributed by atoms with Crippen molar-refractivity contribution in [1.29, 1.82) is 0 Å². The Kier molecular flexibility index (Phi) is 5.26. The number of amides is 1. The van der Waals surface area contributed by atoms with Gasteiger partial charge < -0.3 is 10.2 Å². The lowest BCUT2D eigenvalue weighted by atomic mass is 9.68. The lowest BCUT2D eigenvalue weighted by Gasteiger charge is -2.42. The van der Waals surface area contributed by atoms with Crippen LogP contribution in [0, 0.1) is 18.6 Å². The molecule has 2 aromatic rings. The lowest BCUT2D eigenvalue weighted by molar-refractivity contribution is 0.0953. The van der Waals surface area contributed by atoms with Crippen LogP contribution in [-0.2, 0) is 5.41 Å². The smallest absolute Gasteiger partial charge is 0.264 e. The topological polar surface area (TPSA) is 32.3 Å². The number of benzene rings is 2. The van der Waals surface area contributed by atoms with Crippen LogP contribution in [0.5, 0.6) is 0 Å². The van der Waals surface area contributed by atoms with E-state index in [-0.39, 0.29) is 11.5 Å². The van der Waals surface area contributed by atoms with E-state index in [4.69, 9.17) is 0 Å². The summed E-state index contributed by atoms with van der Waals surface area (Å²) in [5.74, 6) is -2.25. The molecular formula is C24H26F2N2O. The van der Waals surface area contributed by atoms with Gasteiger partial charge in [-0.1, -0.05) is 29.8 Å². The molecule has 2 heterocycles. The second-order valence-electron chi connectivity index (χ2n) is 8.08.